The third kappa shape index (κ3) is 3.51. The highest BCUT2D eigenvalue weighted by atomic mass is 14.8. The molecule has 0 aromatic carbocycles. The summed E-state index contributed by atoms with van der Waals surface area (Å²) >= 11 is 0. The Morgan fingerprint density at radius 3 is 2.55 bits per heavy atom. The van der Waals surface area contributed by atoms with Crippen LogP contribution in [-0.2, 0) is 0 Å². The SMILES string of the molecule is C=C/C=C(C)\C=C(/C)c1cccc(-c2ccccn2)n1. The Labute approximate surface area is 120 Å². The minimum Gasteiger partial charge on any atom is -0.255 e. The van der Waals surface area contributed by atoms with Crippen molar-refractivity contribution in [1.82, 2.24) is 9.97 Å². The fourth-order valence-corrected chi connectivity index (χ4v) is 1.96. The average Bonchev–Trinajstić information content (AvgIpc) is 2.48. The van der Waals surface area contributed by atoms with Crippen molar-refractivity contribution in [3.8, 4) is 11.4 Å². The molecule has 2 rings (SSSR count). The lowest BCUT2D eigenvalue weighted by Crippen LogP contribution is -1.91. The number of hydrogen-bond acceptors (Lipinski definition) is 2. The van der Waals surface area contributed by atoms with Crippen molar-refractivity contribution in [2.75, 3.05) is 0 Å². The van der Waals surface area contributed by atoms with Crippen LogP contribution in [0.25, 0.3) is 17.0 Å². The van der Waals surface area contributed by atoms with E-state index in [1.165, 1.54) is 0 Å². The highest BCUT2D eigenvalue weighted by Gasteiger charge is 2.03. The molecule has 0 amide bonds. The first-order valence-corrected chi connectivity index (χ1v) is 6.57. The van der Waals surface area contributed by atoms with Crippen molar-refractivity contribution < 1.29 is 0 Å². The van der Waals surface area contributed by atoms with Gasteiger partial charge in [0.05, 0.1) is 17.1 Å². The third-order valence-electron chi connectivity index (χ3n) is 2.91. The Bertz CT molecular complexity index is 652. The maximum Gasteiger partial charge on any atom is 0.0893 e. The lowest BCUT2D eigenvalue weighted by Gasteiger charge is -2.05. The molecule has 20 heavy (non-hydrogen) atoms. The predicted molar refractivity (Wildman–Crippen MR) is 85.1 cm³/mol. The number of rotatable bonds is 4. The minimum atomic E-state index is 0.889. The van der Waals surface area contributed by atoms with Gasteiger partial charge >= 0.3 is 0 Å². The molecule has 2 aromatic heterocycles. The summed E-state index contributed by atoms with van der Waals surface area (Å²) in [5.41, 5.74) is 5.02. The Morgan fingerprint density at radius 2 is 1.85 bits per heavy atom. The first-order chi connectivity index (χ1) is 9.70. The summed E-state index contributed by atoms with van der Waals surface area (Å²) in [5.74, 6) is 0. The van der Waals surface area contributed by atoms with Crippen LogP contribution in [0.1, 0.15) is 19.5 Å². The highest BCUT2D eigenvalue weighted by molar-refractivity contribution is 5.66. The van der Waals surface area contributed by atoms with Crippen molar-refractivity contribution in [2.45, 2.75) is 13.8 Å². The van der Waals surface area contributed by atoms with Crippen LogP contribution in [0.5, 0.6) is 0 Å². The molecule has 0 saturated heterocycles. The van der Waals surface area contributed by atoms with Crippen molar-refractivity contribution >= 4 is 5.57 Å². The molecule has 0 aliphatic rings. The van der Waals surface area contributed by atoms with Gasteiger partial charge in [-0.05, 0) is 43.7 Å². The number of pyridine rings is 2. The number of hydrogen-bond donors (Lipinski definition) is 0. The van der Waals surface area contributed by atoms with E-state index < -0.39 is 0 Å². The van der Waals surface area contributed by atoms with E-state index >= 15 is 0 Å². The normalized spacial score (nSPS) is 12.3. The van der Waals surface area contributed by atoms with Gasteiger partial charge in [0, 0.05) is 6.20 Å². The maximum absolute atomic E-state index is 4.67. The second-order valence-electron chi connectivity index (χ2n) is 4.60. The monoisotopic (exact) mass is 262 g/mol. The molecule has 0 aliphatic carbocycles. The van der Waals surface area contributed by atoms with Crippen molar-refractivity contribution in [2.24, 2.45) is 0 Å². The van der Waals surface area contributed by atoms with Crippen LogP contribution in [0.15, 0.2) is 73.0 Å². The van der Waals surface area contributed by atoms with Crippen LogP contribution in [-0.4, -0.2) is 9.97 Å². The zero-order valence-electron chi connectivity index (χ0n) is 11.9. The molecule has 0 unspecified atom stereocenters. The average molecular weight is 262 g/mol. The summed E-state index contributed by atoms with van der Waals surface area (Å²) in [6.45, 7) is 7.81. The van der Waals surface area contributed by atoms with Crippen LogP contribution in [0.3, 0.4) is 0 Å². The van der Waals surface area contributed by atoms with Crippen LogP contribution in [0.4, 0.5) is 0 Å². The van der Waals surface area contributed by atoms with E-state index in [0.717, 1.165) is 28.2 Å². The van der Waals surface area contributed by atoms with Crippen LogP contribution >= 0.6 is 0 Å². The fraction of sp³-hybridized carbons (Fsp3) is 0.111. The molecule has 0 spiro atoms. The van der Waals surface area contributed by atoms with E-state index in [1.807, 2.05) is 49.4 Å². The first kappa shape index (κ1) is 13.9. The summed E-state index contributed by atoms with van der Waals surface area (Å²) in [4.78, 5) is 9.01. The summed E-state index contributed by atoms with van der Waals surface area (Å²) in [7, 11) is 0. The molecule has 0 fully saturated rings. The molecule has 0 N–H and O–H groups in total. The van der Waals surface area contributed by atoms with Gasteiger partial charge in [-0.25, -0.2) is 4.98 Å². The van der Waals surface area contributed by atoms with Crippen LogP contribution in [0, 0.1) is 0 Å². The highest BCUT2D eigenvalue weighted by Crippen LogP contribution is 2.19. The molecular weight excluding hydrogens is 244 g/mol. The van der Waals surface area contributed by atoms with E-state index in [-0.39, 0.29) is 0 Å². The van der Waals surface area contributed by atoms with Gasteiger partial charge in [0.2, 0.25) is 0 Å². The summed E-state index contributed by atoms with van der Waals surface area (Å²) < 4.78 is 0. The molecule has 2 aromatic rings. The molecular formula is C18H18N2. The van der Waals surface area contributed by atoms with E-state index in [2.05, 4.69) is 29.5 Å². The van der Waals surface area contributed by atoms with E-state index in [4.69, 9.17) is 0 Å². The maximum atomic E-state index is 4.67. The van der Waals surface area contributed by atoms with Gasteiger partial charge in [-0.2, -0.15) is 0 Å². The molecule has 2 heteroatoms. The van der Waals surface area contributed by atoms with Gasteiger partial charge in [-0.1, -0.05) is 42.5 Å². The molecule has 2 nitrogen and oxygen atoms in total. The molecule has 0 saturated carbocycles. The standard InChI is InChI=1S/C18H18N2/c1-4-8-14(2)13-15(3)16-10-7-11-18(20-16)17-9-5-6-12-19-17/h4-13H,1H2,2-3H3/b14-8-,15-13+. The molecule has 0 bridgehead atoms. The molecule has 0 atom stereocenters. The third-order valence-corrected chi connectivity index (χ3v) is 2.91. The Hall–Kier alpha value is -2.48. The van der Waals surface area contributed by atoms with Gasteiger partial charge in [0.25, 0.3) is 0 Å². The van der Waals surface area contributed by atoms with Gasteiger partial charge < -0.3 is 0 Å². The number of allylic oxidation sites excluding steroid dienone is 5. The lowest BCUT2D eigenvalue weighted by atomic mass is 10.1. The van der Waals surface area contributed by atoms with Crippen molar-refractivity contribution in [3.63, 3.8) is 0 Å². The van der Waals surface area contributed by atoms with Gasteiger partial charge in [-0.3, -0.25) is 4.98 Å². The fourth-order valence-electron chi connectivity index (χ4n) is 1.96. The van der Waals surface area contributed by atoms with E-state index in [0.29, 0.717) is 0 Å². The molecule has 100 valence electrons. The van der Waals surface area contributed by atoms with Gasteiger partial charge in [0.15, 0.2) is 0 Å². The summed E-state index contributed by atoms with van der Waals surface area (Å²) in [5, 5.41) is 0. The molecule has 2 heterocycles. The minimum absolute atomic E-state index is 0.889. The Kier molecular flexibility index (Phi) is 4.61. The Morgan fingerprint density at radius 1 is 1.05 bits per heavy atom. The zero-order valence-corrected chi connectivity index (χ0v) is 11.9. The van der Waals surface area contributed by atoms with E-state index in [1.54, 1.807) is 12.3 Å². The quantitative estimate of drug-likeness (QED) is 0.748. The molecule has 0 radical (unpaired) electrons. The first-order valence-electron chi connectivity index (χ1n) is 6.57. The second-order valence-corrected chi connectivity index (χ2v) is 4.60. The van der Waals surface area contributed by atoms with E-state index in [9.17, 15) is 0 Å². The summed E-state index contributed by atoms with van der Waals surface area (Å²) in [6.07, 6.45) is 7.65. The smallest absolute Gasteiger partial charge is 0.0893 e. The topological polar surface area (TPSA) is 25.8 Å². The second kappa shape index (κ2) is 6.62. The van der Waals surface area contributed by atoms with Gasteiger partial charge in [-0.15, -0.1) is 0 Å². The van der Waals surface area contributed by atoms with Crippen molar-refractivity contribution in [3.05, 3.63) is 78.7 Å². The number of nitrogens with zero attached hydrogens (tertiary/aromatic N) is 2. The van der Waals surface area contributed by atoms with Gasteiger partial charge in [0.1, 0.15) is 0 Å². The largest absolute Gasteiger partial charge is 0.255 e. The summed E-state index contributed by atoms with van der Waals surface area (Å²) in [6, 6.07) is 11.8. The van der Waals surface area contributed by atoms with Crippen LogP contribution in [0.2, 0.25) is 0 Å². The molecule has 0 aliphatic heterocycles. The van der Waals surface area contributed by atoms with Crippen molar-refractivity contribution in [1.29, 1.82) is 0 Å². The zero-order chi connectivity index (χ0) is 14.4. The number of aromatic nitrogens is 2. The predicted octanol–water partition coefficient (Wildman–Crippen LogP) is 4.68. The Balaban J connectivity index is 2.35. The van der Waals surface area contributed by atoms with Crippen LogP contribution < -0.4 is 0 Å². The lowest BCUT2D eigenvalue weighted by molar-refractivity contribution is 1.22.